The highest BCUT2D eigenvalue weighted by atomic mass is 19.4. The monoisotopic (exact) mass is 462 g/mol. The third kappa shape index (κ3) is 5.62. The zero-order chi connectivity index (χ0) is 24.2. The standard InChI is InChI=1S/C22H18F4N4O3/c1-12(31)18-16(30-21(32)15-4-3-5-17(29-15)22(24,25)26)11-28-20(19(18)23)27-10-13-6-8-14(33-2)9-7-13/h3-9,11H,10H2,1-2H3,(H,27,28)(H,30,32). The topological polar surface area (TPSA) is 93.2 Å². The number of aromatic nitrogens is 2. The van der Waals surface area contributed by atoms with Crippen LogP contribution in [0.1, 0.15) is 39.0 Å². The van der Waals surface area contributed by atoms with Gasteiger partial charge in [-0.2, -0.15) is 13.2 Å². The molecule has 1 aromatic carbocycles. The number of nitrogens with zero attached hydrogens (tertiary/aromatic N) is 2. The molecule has 3 rings (SSSR count). The number of ether oxygens (including phenoxy) is 1. The number of nitrogens with one attached hydrogen (secondary N) is 2. The van der Waals surface area contributed by atoms with Crippen LogP contribution < -0.4 is 15.4 Å². The number of rotatable bonds is 7. The third-order valence-electron chi connectivity index (χ3n) is 4.51. The SMILES string of the molecule is COc1ccc(CNc2ncc(NC(=O)c3cccc(C(F)(F)F)n3)c(C(C)=O)c2F)cc1. The Morgan fingerprint density at radius 1 is 1.09 bits per heavy atom. The van der Waals surface area contributed by atoms with Gasteiger partial charge in [-0.25, -0.2) is 14.4 Å². The van der Waals surface area contributed by atoms with Crippen LogP contribution in [0.4, 0.5) is 29.1 Å². The number of methoxy groups -OCH3 is 1. The summed E-state index contributed by atoms with van der Waals surface area (Å²) >= 11 is 0. The molecule has 0 aliphatic heterocycles. The Bertz CT molecular complexity index is 1180. The Morgan fingerprint density at radius 2 is 1.79 bits per heavy atom. The minimum absolute atomic E-state index is 0.186. The number of pyridine rings is 2. The summed E-state index contributed by atoms with van der Waals surface area (Å²) in [6, 6.07) is 9.75. The lowest BCUT2D eigenvalue weighted by Gasteiger charge is -2.14. The van der Waals surface area contributed by atoms with E-state index in [0.717, 1.165) is 30.8 Å². The second-order valence-electron chi connectivity index (χ2n) is 6.83. The zero-order valence-corrected chi connectivity index (χ0v) is 17.5. The van der Waals surface area contributed by atoms with Crippen LogP contribution in [0.5, 0.6) is 5.75 Å². The lowest BCUT2D eigenvalue weighted by atomic mass is 10.1. The van der Waals surface area contributed by atoms with Crippen LogP contribution in [0.15, 0.2) is 48.7 Å². The molecule has 2 aromatic heterocycles. The molecule has 0 saturated heterocycles. The predicted molar refractivity (Wildman–Crippen MR) is 112 cm³/mol. The van der Waals surface area contributed by atoms with Crippen molar-refractivity contribution in [3.63, 3.8) is 0 Å². The van der Waals surface area contributed by atoms with Gasteiger partial charge in [-0.3, -0.25) is 9.59 Å². The van der Waals surface area contributed by atoms with E-state index in [4.69, 9.17) is 4.74 Å². The average Bonchev–Trinajstić information content (AvgIpc) is 2.78. The van der Waals surface area contributed by atoms with Crippen LogP contribution >= 0.6 is 0 Å². The molecular formula is C22H18F4N4O3. The van der Waals surface area contributed by atoms with Gasteiger partial charge in [0.2, 0.25) is 0 Å². The van der Waals surface area contributed by atoms with Crippen molar-refractivity contribution < 1.29 is 31.9 Å². The number of carbonyl (C=O) groups excluding carboxylic acids is 2. The van der Waals surface area contributed by atoms with Crippen LogP contribution in [0.25, 0.3) is 0 Å². The summed E-state index contributed by atoms with van der Waals surface area (Å²) in [7, 11) is 1.53. The number of carbonyl (C=O) groups is 2. The van der Waals surface area contributed by atoms with Gasteiger partial charge in [-0.15, -0.1) is 0 Å². The quantitative estimate of drug-likeness (QED) is 0.390. The Kier molecular flexibility index (Phi) is 6.90. The van der Waals surface area contributed by atoms with Crippen molar-refractivity contribution in [2.45, 2.75) is 19.6 Å². The van der Waals surface area contributed by atoms with Crippen molar-refractivity contribution in [3.8, 4) is 5.75 Å². The first-order valence-electron chi connectivity index (χ1n) is 9.52. The molecular weight excluding hydrogens is 444 g/mol. The summed E-state index contributed by atoms with van der Waals surface area (Å²) in [6.45, 7) is 1.27. The van der Waals surface area contributed by atoms with Crippen molar-refractivity contribution in [1.29, 1.82) is 0 Å². The number of hydrogen-bond donors (Lipinski definition) is 2. The fourth-order valence-corrected chi connectivity index (χ4v) is 2.88. The molecule has 0 spiro atoms. The number of alkyl halides is 3. The van der Waals surface area contributed by atoms with E-state index in [-0.39, 0.29) is 18.1 Å². The molecule has 172 valence electrons. The molecule has 0 aliphatic rings. The Balaban J connectivity index is 1.82. The summed E-state index contributed by atoms with van der Waals surface area (Å²) in [4.78, 5) is 31.6. The average molecular weight is 462 g/mol. The van der Waals surface area contributed by atoms with Crippen molar-refractivity contribution in [3.05, 3.63) is 77.0 Å². The van der Waals surface area contributed by atoms with E-state index in [2.05, 4.69) is 20.6 Å². The van der Waals surface area contributed by atoms with Gasteiger partial charge in [0.25, 0.3) is 5.91 Å². The van der Waals surface area contributed by atoms with E-state index in [1.807, 2.05) is 0 Å². The maximum absolute atomic E-state index is 15.0. The van der Waals surface area contributed by atoms with Crippen LogP contribution in [-0.2, 0) is 12.7 Å². The molecule has 0 bridgehead atoms. The minimum Gasteiger partial charge on any atom is -0.497 e. The molecule has 1 amide bonds. The summed E-state index contributed by atoms with van der Waals surface area (Å²) in [5, 5.41) is 4.98. The molecule has 0 saturated carbocycles. The fourth-order valence-electron chi connectivity index (χ4n) is 2.88. The van der Waals surface area contributed by atoms with Gasteiger partial charge in [0.05, 0.1) is 24.6 Å². The van der Waals surface area contributed by atoms with Crippen LogP contribution in [-0.4, -0.2) is 28.8 Å². The van der Waals surface area contributed by atoms with Gasteiger partial charge in [-0.05, 0) is 36.8 Å². The van der Waals surface area contributed by atoms with Crippen molar-refractivity contribution >= 4 is 23.2 Å². The first-order chi connectivity index (χ1) is 15.6. The summed E-state index contributed by atoms with van der Waals surface area (Å²) in [6.07, 6.45) is -3.70. The third-order valence-corrected chi connectivity index (χ3v) is 4.51. The molecule has 11 heteroatoms. The smallest absolute Gasteiger partial charge is 0.433 e. The van der Waals surface area contributed by atoms with Crippen molar-refractivity contribution in [1.82, 2.24) is 9.97 Å². The second-order valence-corrected chi connectivity index (χ2v) is 6.83. The van der Waals surface area contributed by atoms with Gasteiger partial charge in [0.15, 0.2) is 17.4 Å². The molecule has 0 radical (unpaired) electrons. The first kappa shape index (κ1) is 23.6. The largest absolute Gasteiger partial charge is 0.497 e. The number of benzene rings is 1. The summed E-state index contributed by atoms with van der Waals surface area (Å²) in [5.41, 5.74) is -1.79. The first-order valence-corrected chi connectivity index (χ1v) is 9.52. The Hall–Kier alpha value is -4.02. The minimum atomic E-state index is -4.74. The van der Waals surface area contributed by atoms with Crippen LogP contribution in [0.2, 0.25) is 0 Å². The van der Waals surface area contributed by atoms with Gasteiger partial charge < -0.3 is 15.4 Å². The highest BCUT2D eigenvalue weighted by molar-refractivity contribution is 6.08. The van der Waals surface area contributed by atoms with Gasteiger partial charge in [0, 0.05) is 6.54 Å². The summed E-state index contributed by atoms with van der Waals surface area (Å²) < 4.78 is 58.6. The number of ketones is 1. The van der Waals surface area contributed by atoms with E-state index >= 15 is 0 Å². The lowest BCUT2D eigenvalue weighted by Crippen LogP contribution is -2.19. The molecule has 7 nitrogen and oxygen atoms in total. The van der Waals surface area contributed by atoms with Crippen LogP contribution in [0, 0.1) is 5.82 Å². The van der Waals surface area contributed by atoms with Gasteiger partial charge >= 0.3 is 6.18 Å². The number of Topliss-reactive ketones (excluding diaryl/α,β-unsaturated/α-hetero) is 1. The Labute approximate surface area is 185 Å². The molecule has 0 fully saturated rings. The van der Waals surface area contributed by atoms with Gasteiger partial charge in [0.1, 0.15) is 17.1 Å². The molecule has 3 aromatic rings. The molecule has 2 heterocycles. The van der Waals surface area contributed by atoms with Crippen molar-refractivity contribution in [2.75, 3.05) is 17.7 Å². The Morgan fingerprint density at radius 3 is 2.39 bits per heavy atom. The van der Waals surface area contributed by atoms with Gasteiger partial charge in [-0.1, -0.05) is 18.2 Å². The zero-order valence-electron chi connectivity index (χ0n) is 17.5. The molecule has 0 atom stereocenters. The maximum atomic E-state index is 15.0. The van der Waals surface area contributed by atoms with E-state index < -0.39 is 40.6 Å². The highest BCUT2D eigenvalue weighted by Gasteiger charge is 2.33. The van der Waals surface area contributed by atoms with Crippen molar-refractivity contribution in [2.24, 2.45) is 0 Å². The molecule has 33 heavy (non-hydrogen) atoms. The molecule has 0 unspecified atom stereocenters. The van der Waals surface area contributed by atoms with E-state index in [1.165, 1.54) is 7.11 Å². The van der Waals surface area contributed by atoms with E-state index in [9.17, 15) is 27.2 Å². The number of halogens is 4. The normalized spacial score (nSPS) is 11.1. The number of anilines is 2. The highest BCUT2D eigenvalue weighted by Crippen LogP contribution is 2.28. The molecule has 0 aliphatic carbocycles. The molecule has 2 N–H and O–H groups in total. The number of amides is 1. The fraction of sp³-hybridized carbons (Fsp3) is 0.182. The summed E-state index contributed by atoms with van der Waals surface area (Å²) in [5.74, 6) is -2.35. The van der Waals surface area contributed by atoms with E-state index in [1.54, 1.807) is 24.3 Å². The second kappa shape index (κ2) is 9.63. The lowest BCUT2D eigenvalue weighted by molar-refractivity contribution is -0.141. The maximum Gasteiger partial charge on any atom is 0.433 e. The number of hydrogen-bond acceptors (Lipinski definition) is 6. The predicted octanol–water partition coefficient (Wildman–Crippen LogP) is 4.71. The van der Waals surface area contributed by atoms with E-state index in [0.29, 0.717) is 11.8 Å². The van der Waals surface area contributed by atoms with Crippen LogP contribution in [0.3, 0.4) is 0 Å².